The van der Waals surface area contributed by atoms with Gasteiger partial charge in [-0.05, 0) is 39.3 Å². The van der Waals surface area contributed by atoms with E-state index in [0.29, 0.717) is 5.75 Å². The maximum absolute atomic E-state index is 12.2. The van der Waals surface area contributed by atoms with Crippen LogP contribution in [0, 0.1) is 13.8 Å². The van der Waals surface area contributed by atoms with Gasteiger partial charge in [0.05, 0.1) is 5.75 Å². The molecule has 0 spiro atoms. The third-order valence-electron chi connectivity index (χ3n) is 3.56. The van der Waals surface area contributed by atoms with Crippen molar-refractivity contribution in [2.24, 2.45) is 0 Å². The highest BCUT2D eigenvalue weighted by atomic mass is 32.2. The van der Waals surface area contributed by atoms with Gasteiger partial charge in [0, 0.05) is 18.2 Å². The molecule has 1 heterocycles. The van der Waals surface area contributed by atoms with Gasteiger partial charge in [0.1, 0.15) is 5.82 Å². The molecule has 124 valence electrons. The number of aryl methyl sites for hydroxylation is 3. The van der Waals surface area contributed by atoms with Gasteiger partial charge < -0.3 is 9.88 Å². The topological polar surface area (TPSA) is 59.8 Å². The van der Waals surface area contributed by atoms with Crippen LogP contribution in [0.3, 0.4) is 0 Å². The number of amides is 1. The molecule has 0 saturated carbocycles. The van der Waals surface area contributed by atoms with E-state index < -0.39 is 0 Å². The van der Waals surface area contributed by atoms with Crippen LogP contribution in [0.15, 0.2) is 23.4 Å². The number of carbonyl (C=O) groups is 1. The minimum atomic E-state index is -0.0293. The second kappa shape index (κ2) is 7.64. The first-order valence-electron chi connectivity index (χ1n) is 7.86. The Labute approximate surface area is 141 Å². The summed E-state index contributed by atoms with van der Waals surface area (Å²) in [5.74, 6) is 1.25. The molecule has 0 atom stereocenters. The summed E-state index contributed by atoms with van der Waals surface area (Å²) >= 11 is 1.43. The summed E-state index contributed by atoms with van der Waals surface area (Å²) in [4.78, 5) is 12.2. The molecule has 1 aromatic heterocycles. The van der Waals surface area contributed by atoms with Crippen LogP contribution in [0.25, 0.3) is 0 Å². The van der Waals surface area contributed by atoms with E-state index in [2.05, 4.69) is 46.9 Å². The monoisotopic (exact) mass is 332 g/mol. The van der Waals surface area contributed by atoms with Gasteiger partial charge in [0.25, 0.3) is 0 Å². The fourth-order valence-corrected chi connectivity index (χ4v) is 3.32. The van der Waals surface area contributed by atoms with Crippen LogP contribution < -0.4 is 5.32 Å². The Kier molecular flexibility index (Phi) is 5.82. The van der Waals surface area contributed by atoms with Crippen LogP contribution in [0.2, 0.25) is 0 Å². The number of aromatic nitrogens is 3. The van der Waals surface area contributed by atoms with Crippen LogP contribution in [0.4, 0.5) is 5.69 Å². The SMILES string of the molecule is CCc1nnc(SCC(=O)Nc2ccc(C)cc2C)n1C(C)C. The Balaban J connectivity index is 2.01. The third kappa shape index (κ3) is 4.34. The fourth-order valence-electron chi connectivity index (χ4n) is 2.44. The van der Waals surface area contributed by atoms with Crippen molar-refractivity contribution in [2.75, 3.05) is 11.1 Å². The molecule has 0 fully saturated rings. The number of benzene rings is 1. The summed E-state index contributed by atoms with van der Waals surface area (Å²) in [5, 5.41) is 12.2. The van der Waals surface area contributed by atoms with Gasteiger partial charge in [0.15, 0.2) is 5.16 Å². The molecule has 6 heteroatoms. The van der Waals surface area contributed by atoms with Crippen LogP contribution in [-0.4, -0.2) is 26.4 Å². The lowest BCUT2D eigenvalue weighted by molar-refractivity contribution is -0.113. The van der Waals surface area contributed by atoms with Crippen LogP contribution in [0.1, 0.15) is 43.8 Å². The molecule has 1 amide bonds. The number of hydrogen-bond donors (Lipinski definition) is 1. The lowest BCUT2D eigenvalue weighted by Crippen LogP contribution is -2.16. The van der Waals surface area contributed by atoms with E-state index in [-0.39, 0.29) is 11.9 Å². The summed E-state index contributed by atoms with van der Waals surface area (Å²) in [5.41, 5.74) is 3.12. The van der Waals surface area contributed by atoms with E-state index in [9.17, 15) is 4.79 Å². The van der Waals surface area contributed by atoms with Crippen LogP contribution in [-0.2, 0) is 11.2 Å². The molecule has 23 heavy (non-hydrogen) atoms. The van der Waals surface area contributed by atoms with E-state index in [1.807, 2.05) is 26.0 Å². The van der Waals surface area contributed by atoms with Crippen molar-refractivity contribution in [2.45, 2.75) is 52.2 Å². The number of carbonyl (C=O) groups excluding carboxylic acids is 1. The third-order valence-corrected chi connectivity index (χ3v) is 4.50. The molecule has 2 rings (SSSR count). The van der Waals surface area contributed by atoms with E-state index in [1.54, 1.807) is 0 Å². The summed E-state index contributed by atoms with van der Waals surface area (Å²) < 4.78 is 2.09. The molecule has 0 bridgehead atoms. The molecule has 0 aliphatic rings. The van der Waals surface area contributed by atoms with E-state index in [4.69, 9.17) is 0 Å². The summed E-state index contributed by atoms with van der Waals surface area (Å²) in [6, 6.07) is 6.29. The zero-order chi connectivity index (χ0) is 17.0. The van der Waals surface area contributed by atoms with Gasteiger partial charge in [-0.1, -0.05) is 36.4 Å². The molecule has 1 aromatic carbocycles. The van der Waals surface area contributed by atoms with Crippen LogP contribution in [0.5, 0.6) is 0 Å². The van der Waals surface area contributed by atoms with Crippen molar-refractivity contribution >= 4 is 23.4 Å². The number of hydrogen-bond acceptors (Lipinski definition) is 4. The normalized spacial score (nSPS) is 11.0. The fraction of sp³-hybridized carbons (Fsp3) is 0.471. The molecule has 5 nitrogen and oxygen atoms in total. The number of rotatable bonds is 6. The maximum atomic E-state index is 12.2. The summed E-state index contributed by atoms with van der Waals surface area (Å²) in [7, 11) is 0. The average Bonchev–Trinajstić information content (AvgIpc) is 2.91. The second-order valence-electron chi connectivity index (χ2n) is 5.87. The van der Waals surface area contributed by atoms with Crippen molar-refractivity contribution in [3.63, 3.8) is 0 Å². The van der Waals surface area contributed by atoms with Crippen LogP contribution >= 0.6 is 11.8 Å². The van der Waals surface area contributed by atoms with Crippen molar-refractivity contribution in [3.8, 4) is 0 Å². The minimum absolute atomic E-state index is 0.0293. The molecule has 0 radical (unpaired) electrons. The Morgan fingerprint density at radius 2 is 2.04 bits per heavy atom. The quantitative estimate of drug-likeness (QED) is 0.818. The lowest BCUT2D eigenvalue weighted by atomic mass is 10.1. The first kappa shape index (κ1) is 17.5. The van der Waals surface area contributed by atoms with E-state index >= 15 is 0 Å². The summed E-state index contributed by atoms with van der Waals surface area (Å²) in [6.07, 6.45) is 0.834. The highest BCUT2D eigenvalue weighted by Crippen LogP contribution is 2.22. The summed E-state index contributed by atoms with van der Waals surface area (Å²) in [6.45, 7) is 10.3. The highest BCUT2D eigenvalue weighted by Gasteiger charge is 2.15. The largest absolute Gasteiger partial charge is 0.325 e. The minimum Gasteiger partial charge on any atom is -0.325 e. The molecule has 2 aromatic rings. The van der Waals surface area contributed by atoms with Crippen molar-refractivity contribution in [3.05, 3.63) is 35.2 Å². The molecule has 1 N–H and O–H groups in total. The van der Waals surface area contributed by atoms with Crippen molar-refractivity contribution in [1.29, 1.82) is 0 Å². The average molecular weight is 332 g/mol. The number of nitrogens with zero attached hydrogens (tertiary/aromatic N) is 3. The molecule has 0 aliphatic carbocycles. The van der Waals surface area contributed by atoms with Gasteiger partial charge in [-0.25, -0.2) is 0 Å². The molecule has 0 unspecified atom stereocenters. The van der Waals surface area contributed by atoms with Crippen molar-refractivity contribution in [1.82, 2.24) is 14.8 Å². The number of nitrogens with one attached hydrogen (secondary N) is 1. The Hall–Kier alpha value is -1.82. The van der Waals surface area contributed by atoms with Gasteiger partial charge in [-0.3, -0.25) is 4.79 Å². The molecular weight excluding hydrogens is 308 g/mol. The van der Waals surface area contributed by atoms with Gasteiger partial charge in [-0.2, -0.15) is 0 Å². The van der Waals surface area contributed by atoms with Gasteiger partial charge in [0.2, 0.25) is 5.91 Å². The van der Waals surface area contributed by atoms with E-state index in [1.165, 1.54) is 17.3 Å². The Bertz CT molecular complexity index is 694. The zero-order valence-electron chi connectivity index (χ0n) is 14.4. The first-order chi connectivity index (χ1) is 10.9. The molecule has 0 saturated heterocycles. The predicted octanol–water partition coefficient (Wildman–Crippen LogP) is 3.77. The smallest absolute Gasteiger partial charge is 0.234 e. The Morgan fingerprint density at radius 3 is 2.65 bits per heavy atom. The van der Waals surface area contributed by atoms with E-state index in [0.717, 1.165) is 28.7 Å². The Morgan fingerprint density at radius 1 is 1.30 bits per heavy atom. The zero-order valence-corrected chi connectivity index (χ0v) is 15.2. The number of anilines is 1. The lowest BCUT2D eigenvalue weighted by Gasteiger charge is -2.13. The molecule has 0 aliphatic heterocycles. The highest BCUT2D eigenvalue weighted by molar-refractivity contribution is 7.99. The first-order valence-corrected chi connectivity index (χ1v) is 8.84. The predicted molar refractivity (Wildman–Crippen MR) is 95.1 cm³/mol. The molecular formula is C17H24N4OS. The second-order valence-corrected chi connectivity index (χ2v) is 6.81. The van der Waals surface area contributed by atoms with Gasteiger partial charge >= 0.3 is 0 Å². The standard InChI is InChI=1S/C17H24N4OS/c1-6-15-19-20-17(21(15)11(2)3)23-10-16(22)18-14-8-7-12(4)9-13(14)5/h7-9,11H,6,10H2,1-5H3,(H,18,22). The maximum Gasteiger partial charge on any atom is 0.234 e. The van der Waals surface area contributed by atoms with Crippen molar-refractivity contribution < 1.29 is 4.79 Å². The number of thioether (sulfide) groups is 1. The van der Waals surface area contributed by atoms with Gasteiger partial charge in [-0.15, -0.1) is 10.2 Å².